The van der Waals surface area contributed by atoms with Crippen molar-refractivity contribution >= 4 is 17.6 Å². The van der Waals surface area contributed by atoms with Gasteiger partial charge in [0, 0.05) is 30.8 Å². The van der Waals surface area contributed by atoms with Crippen molar-refractivity contribution in [1.29, 1.82) is 0 Å². The summed E-state index contributed by atoms with van der Waals surface area (Å²) in [6.07, 6.45) is 1.59. The van der Waals surface area contributed by atoms with Gasteiger partial charge in [-0.1, -0.05) is 5.16 Å². The van der Waals surface area contributed by atoms with E-state index in [0.717, 1.165) is 0 Å². The summed E-state index contributed by atoms with van der Waals surface area (Å²) >= 11 is 0. The molecule has 2 aliphatic heterocycles. The minimum Gasteiger partial charge on any atom is -0.486 e. The van der Waals surface area contributed by atoms with Gasteiger partial charge < -0.3 is 23.6 Å². The molecule has 1 atom stereocenters. The first-order chi connectivity index (χ1) is 12.2. The molecule has 0 radical (unpaired) electrons. The number of hydrogen-bond acceptors (Lipinski definition) is 7. The first-order valence-electron chi connectivity index (χ1n) is 7.97. The molecular formula is C17H16N2O6. The van der Waals surface area contributed by atoms with E-state index < -0.39 is 11.9 Å². The van der Waals surface area contributed by atoms with Crippen LogP contribution in [-0.4, -0.2) is 36.8 Å². The number of benzene rings is 1. The number of fused-ring (bicyclic) bond motifs is 1. The fraction of sp³-hybridized carbons (Fsp3) is 0.353. The second-order valence-electron chi connectivity index (χ2n) is 5.82. The average molecular weight is 344 g/mol. The monoisotopic (exact) mass is 344 g/mol. The highest BCUT2D eigenvalue weighted by Crippen LogP contribution is 2.36. The SMILES string of the molecule is O=C(OCc1ccno1)[C@@H]1CC(=O)N(c2ccc3c(c2)OCCO3)C1. The molecule has 0 aliphatic carbocycles. The molecule has 0 spiro atoms. The lowest BCUT2D eigenvalue weighted by atomic mass is 10.1. The summed E-state index contributed by atoms with van der Waals surface area (Å²) in [4.78, 5) is 26.1. The van der Waals surface area contributed by atoms with E-state index in [-0.39, 0.29) is 25.5 Å². The lowest BCUT2D eigenvalue weighted by Gasteiger charge is -2.22. The van der Waals surface area contributed by atoms with Gasteiger partial charge in [0.2, 0.25) is 5.91 Å². The van der Waals surface area contributed by atoms with Crippen molar-refractivity contribution in [3.05, 3.63) is 36.2 Å². The van der Waals surface area contributed by atoms with Crippen molar-refractivity contribution in [2.75, 3.05) is 24.7 Å². The molecule has 130 valence electrons. The molecule has 4 rings (SSSR count). The van der Waals surface area contributed by atoms with Gasteiger partial charge >= 0.3 is 5.97 Å². The lowest BCUT2D eigenvalue weighted by molar-refractivity contribution is -0.150. The maximum Gasteiger partial charge on any atom is 0.311 e. The quantitative estimate of drug-likeness (QED) is 0.777. The van der Waals surface area contributed by atoms with Gasteiger partial charge in [-0.25, -0.2) is 0 Å². The zero-order valence-corrected chi connectivity index (χ0v) is 13.3. The third-order valence-corrected chi connectivity index (χ3v) is 4.14. The van der Waals surface area contributed by atoms with Crippen LogP contribution < -0.4 is 14.4 Å². The molecule has 8 nitrogen and oxygen atoms in total. The van der Waals surface area contributed by atoms with Crippen LogP contribution in [-0.2, 0) is 20.9 Å². The van der Waals surface area contributed by atoms with Gasteiger partial charge in [0.1, 0.15) is 13.2 Å². The van der Waals surface area contributed by atoms with Crippen LogP contribution in [0.5, 0.6) is 11.5 Å². The molecule has 2 aromatic rings. The van der Waals surface area contributed by atoms with E-state index in [2.05, 4.69) is 5.16 Å². The van der Waals surface area contributed by atoms with Crippen LogP contribution in [0.15, 0.2) is 35.0 Å². The number of aromatic nitrogens is 1. The Labute approximate surface area is 143 Å². The summed E-state index contributed by atoms with van der Waals surface area (Å²) in [7, 11) is 0. The van der Waals surface area contributed by atoms with Gasteiger partial charge in [-0.15, -0.1) is 0 Å². The summed E-state index contributed by atoms with van der Waals surface area (Å²) in [5.41, 5.74) is 0.680. The molecule has 25 heavy (non-hydrogen) atoms. The van der Waals surface area contributed by atoms with Crippen LogP contribution in [0, 0.1) is 5.92 Å². The van der Waals surface area contributed by atoms with Crippen LogP contribution in [0.1, 0.15) is 12.2 Å². The molecule has 1 amide bonds. The predicted octanol–water partition coefficient (Wildman–Crippen LogP) is 1.54. The Morgan fingerprint density at radius 1 is 1.24 bits per heavy atom. The molecule has 8 heteroatoms. The largest absolute Gasteiger partial charge is 0.486 e. The molecule has 1 aromatic heterocycles. The van der Waals surface area contributed by atoms with Gasteiger partial charge in [0.15, 0.2) is 23.9 Å². The molecule has 3 heterocycles. The number of nitrogens with zero attached hydrogens (tertiary/aromatic N) is 2. The fourth-order valence-corrected chi connectivity index (χ4v) is 2.89. The average Bonchev–Trinajstić information content (AvgIpc) is 3.29. The predicted molar refractivity (Wildman–Crippen MR) is 84.2 cm³/mol. The highest BCUT2D eigenvalue weighted by atomic mass is 16.6. The molecule has 0 unspecified atom stereocenters. The molecule has 0 bridgehead atoms. The van der Waals surface area contributed by atoms with E-state index in [0.29, 0.717) is 36.2 Å². The van der Waals surface area contributed by atoms with Gasteiger partial charge in [0.25, 0.3) is 0 Å². The molecular weight excluding hydrogens is 328 g/mol. The maximum absolute atomic E-state index is 12.3. The minimum atomic E-state index is -0.511. The van der Waals surface area contributed by atoms with E-state index in [4.69, 9.17) is 18.7 Å². The number of anilines is 1. The van der Waals surface area contributed by atoms with E-state index in [1.807, 2.05) is 0 Å². The van der Waals surface area contributed by atoms with Crippen molar-refractivity contribution < 1.29 is 28.3 Å². The van der Waals surface area contributed by atoms with Gasteiger partial charge in [-0.3, -0.25) is 9.59 Å². The van der Waals surface area contributed by atoms with Crippen LogP contribution in [0.25, 0.3) is 0 Å². The second-order valence-corrected chi connectivity index (χ2v) is 5.82. The molecule has 0 saturated carbocycles. The lowest BCUT2D eigenvalue weighted by Crippen LogP contribution is -2.26. The van der Waals surface area contributed by atoms with E-state index in [1.54, 1.807) is 29.2 Å². The standard InChI is InChI=1S/C17H16N2O6/c20-16-7-11(17(21)24-10-13-3-4-18-25-13)9-19(16)12-1-2-14-15(8-12)23-6-5-22-14/h1-4,8,11H,5-7,9-10H2/t11-/m1/s1. The summed E-state index contributed by atoms with van der Waals surface area (Å²) in [5, 5.41) is 3.55. The number of hydrogen-bond donors (Lipinski definition) is 0. The highest BCUT2D eigenvalue weighted by molar-refractivity contribution is 5.99. The highest BCUT2D eigenvalue weighted by Gasteiger charge is 2.36. The Kier molecular flexibility index (Phi) is 4.01. The van der Waals surface area contributed by atoms with Gasteiger partial charge in [-0.05, 0) is 12.1 Å². The van der Waals surface area contributed by atoms with Gasteiger partial charge in [-0.2, -0.15) is 0 Å². The minimum absolute atomic E-state index is 0.00749. The summed E-state index contributed by atoms with van der Waals surface area (Å²) in [6.45, 7) is 1.26. The molecule has 1 saturated heterocycles. The zero-order valence-electron chi connectivity index (χ0n) is 13.3. The number of amides is 1. The zero-order chi connectivity index (χ0) is 17.2. The summed E-state index contributed by atoms with van der Waals surface area (Å²) in [5.74, 6) is 0.658. The normalized spacial score (nSPS) is 19.1. The first kappa shape index (κ1) is 15.5. The molecule has 2 aliphatic rings. The summed E-state index contributed by atoms with van der Waals surface area (Å²) in [6, 6.07) is 6.93. The molecule has 1 aromatic carbocycles. The smallest absolute Gasteiger partial charge is 0.311 e. The number of rotatable bonds is 4. The second kappa shape index (κ2) is 6.46. The first-order valence-corrected chi connectivity index (χ1v) is 7.97. The van der Waals surface area contributed by atoms with Crippen molar-refractivity contribution in [3.63, 3.8) is 0 Å². The van der Waals surface area contributed by atoms with E-state index in [9.17, 15) is 9.59 Å². The number of carbonyl (C=O) groups is 2. The number of ether oxygens (including phenoxy) is 3. The Bertz CT molecular complexity index is 788. The Morgan fingerprint density at radius 3 is 2.88 bits per heavy atom. The van der Waals surface area contributed by atoms with E-state index in [1.165, 1.54) is 6.20 Å². The topological polar surface area (TPSA) is 91.1 Å². The van der Waals surface area contributed by atoms with Crippen LogP contribution in [0.2, 0.25) is 0 Å². The Morgan fingerprint density at radius 2 is 2.08 bits per heavy atom. The van der Waals surface area contributed by atoms with Crippen molar-refractivity contribution in [3.8, 4) is 11.5 Å². The third kappa shape index (κ3) is 3.15. The van der Waals surface area contributed by atoms with Crippen LogP contribution >= 0.6 is 0 Å². The molecule has 0 N–H and O–H groups in total. The Balaban J connectivity index is 1.42. The van der Waals surface area contributed by atoms with Crippen molar-refractivity contribution in [2.45, 2.75) is 13.0 Å². The third-order valence-electron chi connectivity index (χ3n) is 4.14. The van der Waals surface area contributed by atoms with Gasteiger partial charge in [0.05, 0.1) is 12.1 Å². The van der Waals surface area contributed by atoms with Crippen LogP contribution in [0.4, 0.5) is 5.69 Å². The molecule has 1 fully saturated rings. The number of esters is 1. The van der Waals surface area contributed by atoms with Crippen molar-refractivity contribution in [2.24, 2.45) is 5.92 Å². The Hall–Kier alpha value is -3.03. The summed E-state index contributed by atoms with van der Waals surface area (Å²) < 4.78 is 21.1. The maximum atomic E-state index is 12.3. The van der Waals surface area contributed by atoms with E-state index >= 15 is 0 Å². The van der Waals surface area contributed by atoms with Crippen molar-refractivity contribution in [1.82, 2.24) is 5.16 Å². The number of carbonyl (C=O) groups excluding carboxylic acids is 2. The van der Waals surface area contributed by atoms with Crippen LogP contribution in [0.3, 0.4) is 0 Å². The fourth-order valence-electron chi connectivity index (χ4n) is 2.89.